The minimum absolute atomic E-state index is 0.0784. The van der Waals surface area contributed by atoms with E-state index in [9.17, 15) is 39.3 Å². The largest absolute Gasteiger partial charge is 0.508 e. The van der Waals surface area contributed by atoms with E-state index >= 15 is 0 Å². The smallest absolute Gasteiger partial charge is 0.326 e. The number of aliphatic hydroxyl groups is 1. The van der Waals surface area contributed by atoms with Crippen molar-refractivity contribution in [1.82, 2.24) is 20.9 Å². The topological polar surface area (TPSA) is 263 Å². The van der Waals surface area contributed by atoms with E-state index in [4.69, 9.17) is 17.2 Å². The SMILES string of the molecule is C[C@@H](O)[C@H](NC(=O)[C@@H]1CCCN1C(=O)[C@H](CCCCN)NC(=O)[C@@H](N)Cc1ccc(O)cc1)C(=O)N[C@@H](CCCCN)C(=O)O. The van der Waals surface area contributed by atoms with E-state index in [-0.39, 0.29) is 38.0 Å². The van der Waals surface area contributed by atoms with E-state index in [1.54, 1.807) is 12.1 Å². The number of likely N-dealkylation sites (tertiary alicyclic amines) is 1. The molecule has 252 valence electrons. The minimum atomic E-state index is -1.47. The summed E-state index contributed by atoms with van der Waals surface area (Å²) in [5, 5.41) is 36.9. The number of carboxylic acid groups (broad SMARTS) is 1. The first-order valence-corrected chi connectivity index (χ1v) is 15.5. The summed E-state index contributed by atoms with van der Waals surface area (Å²) in [4.78, 5) is 66.1. The van der Waals surface area contributed by atoms with Gasteiger partial charge >= 0.3 is 5.97 Å². The number of phenols is 1. The van der Waals surface area contributed by atoms with Crippen molar-refractivity contribution in [2.45, 2.75) is 101 Å². The van der Waals surface area contributed by atoms with Crippen LogP contribution in [0.2, 0.25) is 0 Å². The third-order valence-corrected chi connectivity index (χ3v) is 7.75. The molecule has 15 heteroatoms. The number of nitrogens with zero attached hydrogens (tertiary/aromatic N) is 1. The highest BCUT2D eigenvalue weighted by Crippen LogP contribution is 2.21. The van der Waals surface area contributed by atoms with E-state index in [1.165, 1.54) is 24.0 Å². The van der Waals surface area contributed by atoms with Gasteiger partial charge in [-0.15, -0.1) is 0 Å². The van der Waals surface area contributed by atoms with Gasteiger partial charge in [0.2, 0.25) is 23.6 Å². The number of rotatable bonds is 19. The summed E-state index contributed by atoms with van der Waals surface area (Å²) < 4.78 is 0. The molecule has 1 saturated heterocycles. The average Bonchev–Trinajstić information content (AvgIpc) is 3.49. The number of nitrogens with two attached hydrogens (primary N) is 3. The van der Waals surface area contributed by atoms with Gasteiger partial charge in [0, 0.05) is 6.54 Å². The van der Waals surface area contributed by atoms with Crippen molar-refractivity contribution < 1.29 is 39.3 Å². The molecule has 15 nitrogen and oxygen atoms in total. The fraction of sp³-hybridized carbons (Fsp3) is 0.633. The van der Waals surface area contributed by atoms with Crippen molar-refractivity contribution in [3.05, 3.63) is 29.8 Å². The Labute approximate surface area is 263 Å². The Morgan fingerprint density at radius 1 is 0.911 bits per heavy atom. The molecule has 1 aliphatic heterocycles. The van der Waals surface area contributed by atoms with Crippen LogP contribution in [0.4, 0.5) is 0 Å². The van der Waals surface area contributed by atoms with Crippen molar-refractivity contribution in [1.29, 1.82) is 0 Å². The summed E-state index contributed by atoms with van der Waals surface area (Å²) in [5.41, 5.74) is 17.9. The number of carbonyl (C=O) groups excluding carboxylic acids is 4. The lowest BCUT2D eigenvalue weighted by molar-refractivity contribution is -0.144. The molecule has 0 spiro atoms. The van der Waals surface area contributed by atoms with Crippen LogP contribution < -0.4 is 33.2 Å². The van der Waals surface area contributed by atoms with Gasteiger partial charge in [-0.1, -0.05) is 12.1 Å². The molecule has 1 heterocycles. The van der Waals surface area contributed by atoms with E-state index in [0.29, 0.717) is 45.2 Å². The summed E-state index contributed by atoms with van der Waals surface area (Å²) in [6, 6.07) is 0.611. The van der Waals surface area contributed by atoms with Gasteiger partial charge in [0.05, 0.1) is 12.1 Å². The van der Waals surface area contributed by atoms with Crippen LogP contribution in [0.25, 0.3) is 0 Å². The van der Waals surface area contributed by atoms with Crippen LogP contribution >= 0.6 is 0 Å². The molecule has 0 unspecified atom stereocenters. The molecule has 0 radical (unpaired) electrons. The first kappa shape index (κ1) is 37.4. The lowest BCUT2D eigenvalue weighted by Gasteiger charge is -2.31. The molecule has 0 bridgehead atoms. The molecule has 45 heavy (non-hydrogen) atoms. The van der Waals surface area contributed by atoms with Crippen molar-refractivity contribution in [2.24, 2.45) is 17.2 Å². The maximum absolute atomic E-state index is 13.7. The molecule has 0 aliphatic carbocycles. The van der Waals surface area contributed by atoms with Crippen LogP contribution in [0.5, 0.6) is 5.75 Å². The van der Waals surface area contributed by atoms with Gasteiger partial charge in [0.1, 0.15) is 29.9 Å². The molecule has 1 fully saturated rings. The van der Waals surface area contributed by atoms with Crippen molar-refractivity contribution in [3.63, 3.8) is 0 Å². The number of benzene rings is 1. The normalized spacial score (nSPS) is 17.9. The molecule has 2 rings (SSSR count). The molecule has 12 N–H and O–H groups in total. The first-order chi connectivity index (χ1) is 21.4. The fourth-order valence-corrected chi connectivity index (χ4v) is 5.18. The molecule has 1 aliphatic rings. The first-order valence-electron chi connectivity index (χ1n) is 15.5. The van der Waals surface area contributed by atoms with Crippen molar-refractivity contribution in [3.8, 4) is 5.75 Å². The zero-order valence-electron chi connectivity index (χ0n) is 25.8. The van der Waals surface area contributed by atoms with Crippen LogP contribution in [0.1, 0.15) is 63.9 Å². The highest BCUT2D eigenvalue weighted by Gasteiger charge is 2.40. The number of phenolic OH excluding ortho intramolecular Hbond substituents is 1. The molecular weight excluding hydrogens is 586 g/mol. The second-order valence-electron chi connectivity index (χ2n) is 11.4. The minimum Gasteiger partial charge on any atom is -0.508 e. The molecule has 0 saturated carbocycles. The number of nitrogens with one attached hydrogen (secondary N) is 3. The highest BCUT2D eigenvalue weighted by atomic mass is 16.4. The summed E-state index contributed by atoms with van der Waals surface area (Å²) >= 11 is 0. The van der Waals surface area contributed by atoms with Gasteiger partial charge in [0.15, 0.2) is 0 Å². The average molecular weight is 636 g/mol. The highest BCUT2D eigenvalue weighted by molar-refractivity contribution is 5.96. The molecule has 1 aromatic rings. The second kappa shape index (κ2) is 18.9. The number of hydrogen-bond acceptors (Lipinski definition) is 10. The van der Waals surface area contributed by atoms with E-state index in [0.717, 1.165) is 5.56 Å². The molecule has 4 amide bonds. The summed E-state index contributed by atoms with van der Waals surface area (Å²) in [5.74, 6) is -3.78. The number of amides is 4. The number of carbonyl (C=O) groups is 5. The Kier molecular flexibility index (Phi) is 15.7. The Hall–Kier alpha value is -3.79. The number of carboxylic acids is 1. The third-order valence-electron chi connectivity index (χ3n) is 7.75. The maximum Gasteiger partial charge on any atom is 0.326 e. The van der Waals surface area contributed by atoms with Gasteiger partial charge < -0.3 is 53.4 Å². The monoisotopic (exact) mass is 635 g/mol. The summed E-state index contributed by atoms with van der Waals surface area (Å²) in [6.45, 7) is 2.28. The second-order valence-corrected chi connectivity index (χ2v) is 11.4. The van der Waals surface area contributed by atoms with Crippen LogP contribution in [-0.2, 0) is 30.4 Å². The van der Waals surface area contributed by atoms with E-state index < -0.39 is 65.9 Å². The van der Waals surface area contributed by atoms with Gasteiger partial charge in [0.25, 0.3) is 0 Å². The Balaban J connectivity index is 2.13. The third kappa shape index (κ3) is 11.9. The van der Waals surface area contributed by atoms with Crippen molar-refractivity contribution in [2.75, 3.05) is 19.6 Å². The zero-order chi connectivity index (χ0) is 33.5. The van der Waals surface area contributed by atoms with Gasteiger partial charge in [-0.25, -0.2) is 4.79 Å². The number of hydrogen-bond donors (Lipinski definition) is 9. The quantitative estimate of drug-likeness (QED) is 0.0784. The van der Waals surface area contributed by atoms with Gasteiger partial charge in [-0.2, -0.15) is 0 Å². The van der Waals surface area contributed by atoms with Crippen molar-refractivity contribution >= 4 is 29.6 Å². The number of aliphatic carboxylic acids is 1. The maximum atomic E-state index is 13.7. The number of aromatic hydroxyl groups is 1. The molecule has 0 aromatic heterocycles. The van der Waals surface area contributed by atoms with Gasteiger partial charge in [-0.3, -0.25) is 19.2 Å². The standard InChI is InChI=1S/C30H49N7O8/c1-18(38)25(28(42)35-23(30(44)45)8-3-5-15-32)36-27(41)24-9-6-16-37(24)29(43)22(7-2-4-14-31)34-26(40)21(33)17-19-10-12-20(39)13-11-19/h10-13,18,21-25,38-39H,2-9,14-17,31-33H2,1H3,(H,34,40)(H,35,42)(H,36,41)(H,44,45)/t18-,21+,22+,23+,24+,25+/m1/s1. The molecule has 1 aromatic carbocycles. The molecule has 6 atom stereocenters. The summed E-state index contributed by atoms with van der Waals surface area (Å²) in [7, 11) is 0. The fourth-order valence-electron chi connectivity index (χ4n) is 5.18. The Morgan fingerprint density at radius 2 is 1.49 bits per heavy atom. The van der Waals surface area contributed by atoms with E-state index in [1.807, 2.05) is 0 Å². The molecular formula is C30H49N7O8. The number of unbranched alkanes of at least 4 members (excludes halogenated alkanes) is 2. The Morgan fingerprint density at radius 3 is 2.04 bits per heavy atom. The van der Waals surface area contributed by atoms with Crippen LogP contribution in [0, 0.1) is 0 Å². The zero-order valence-corrected chi connectivity index (χ0v) is 25.8. The van der Waals surface area contributed by atoms with Gasteiger partial charge in [-0.05, 0) is 95.5 Å². The van der Waals surface area contributed by atoms with Crippen LogP contribution in [-0.4, -0.2) is 106 Å². The Bertz CT molecular complexity index is 1130. The predicted octanol–water partition coefficient (Wildman–Crippen LogP) is -1.57. The lowest BCUT2D eigenvalue weighted by atomic mass is 10.0. The van der Waals surface area contributed by atoms with Crippen LogP contribution in [0.15, 0.2) is 24.3 Å². The summed E-state index contributed by atoms with van der Waals surface area (Å²) in [6.07, 6.45) is 2.14. The lowest BCUT2D eigenvalue weighted by Crippen LogP contribution is -2.60. The van der Waals surface area contributed by atoms with Crippen LogP contribution in [0.3, 0.4) is 0 Å². The number of aliphatic hydroxyl groups excluding tert-OH is 1. The van der Waals surface area contributed by atoms with E-state index in [2.05, 4.69) is 16.0 Å². The predicted molar refractivity (Wildman–Crippen MR) is 165 cm³/mol.